The first-order valence-corrected chi connectivity index (χ1v) is 5.47. The molecular formula is C11H21NO2. The molecule has 0 bridgehead atoms. The molecular weight excluding hydrogens is 178 g/mol. The average molecular weight is 199 g/mol. The van der Waals surface area contributed by atoms with Crippen LogP contribution in [0.1, 0.15) is 34.6 Å². The average Bonchev–Trinajstić information content (AvgIpc) is 2.42. The zero-order valence-corrected chi connectivity index (χ0v) is 9.73. The Kier molecular flexibility index (Phi) is 3.65. The molecule has 1 fully saturated rings. The van der Waals surface area contributed by atoms with E-state index in [1.54, 1.807) is 0 Å². The Bertz CT molecular complexity index is 203. The van der Waals surface area contributed by atoms with Gasteiger partial charge in [0, 0.05) is 5.92 Å². The molecule has 1 aliphatic rings. The van der Waals surface area contributed by atoms with Gasteiger partial charge in [0.15, 0.2) is 0 Å². The summed E-state index contributed by atoms with van der Waals surface area (Å²) in [7, 11) is 0. The number of rotatable bonds is 3. The minimum atomic E-state index is -0.164. The third-order valence-corrected chi connectivity index (χ3v) is 3.18. The van der Waals surface area contributed by atoms with Gasteiger partial charge in [0.25, 0.3) is 0 Å². The van der Waals surface area contributed by atoms with E-state index in [1.807, 2.05) is 6.92 Å². The van der Waals surface area contributed by atoms with Gasteiger partial charge in [-0.15, -0.1) is 0 Å². The van der Waals surface area contributed by atoms with E-state index in [4.69, 9.17) is 4.74 Å². The van der Waals surface area contributed by atoms with Crippen LogP contribution in [0, 0.1) is 22.7 Å². The minimum Gasteiger partial charge on any atom is -0.372 e. The number of hydrogen-bond donors (Lipinski definition) is 0. The lowest BCUT2D eigenvalue weighted by atomic mass is 9.81. The molecule has 3 nitrogen and oxygen atoms in total. The fraction of sp³-hybridized carbons (Fsp3) is 1.00. The maximum atomic E-state index is 10.8. The van der Waals surface area contributed by atoms with Crippen LogP contribution in [0.15, 0.2) is 5.18 Å². The highest BCUT2D eigenvalue weighted by atomic mass is 16.5. The lowest BCUT2D eigenvalue weighted by molar-refractivity contribution is 0.00787. The summed E-state index contributed by atoms with van der Waals surface area (Å²) < 4.78 is 5.81. The molecule has 0 aliphatic carbocycles. The number of nitroso groups, excluding NO2 is 1. The van der Waals surface area contributed by atoms with Crippen molar-refractivity contribution >= 4 is 0 Å². The van der Waals surface area contributed by atoms with Crippen molar-refractivity contribution in [3.8, 4) is 0 Å². The number of ether oxygens (including phenoxy) is 1. The molecule has 4 unspecified atom stereocenters. The normalized spacial score (nSPS) is 38.2. The SMILES string of the molecule is CC(C)C1OC(C)C(N=O)C1C(C)C. The molecule has 0 radical (unpaired) electrons. The van der Waals surface area contributed by atoms with E-state index in [9.17, 15) is 4.91 Å². The Balaban J connectivity index is 2.84. The highest BCUT2D eigenvalue weighted by Crippen LogP contribution is 2.37. The van der Waals surface area contributed by atoms with E-state index < -0.39 is 0 Å². The van der Waals surface area contributed by atoms with Crippen molar-refractivity contribution in [2.24, 2.45) is 22.9 Å². The van der Waals surface area contributed by atoms with Crippen LogP contribution < -0.4 is 0 Å². The van der Waals surface area contributed by atoms with Gasteiger partial charge in [-0.05, 0) is 18.8 Å². The molecule has 0 aromatic carbocycles. The molecule has 4 atom stereocenters. The Morgan fingerprint density at radius 2 is 1.71 bits per heavy atom. The Morgan fingerprint density at radius 3 is 2.07 bits per heavy atom. The van der Waals surface area contributed by atoms with Gasteiger partial charge in [-0.3, -0.25) is 0 Å². The van der Waals surface area contributed by atoms with Crippen molar-refractivity contribution in [3.63, 3.8) is 0 Å². The van der Waals surface area contributed by atoms with Gasteiger partial charge in [0.2, 0.25) is 0 Å². The van der Waals surface area contributed by atoms with Crippen molar-refractivity contribution in [1.29, 1.82) is 0 Å². The fourth-order valence-electron chi connectivity index (χ4n) is 2.46. The number of hydrogen-bond acceptors (Lipinski definition) is 3. The predicted octanol–water partition coefficient (Wildman–Crippen LogP) is 2.84. The maximum Gasteiger partial charge on any atom is 0.123 e. The van der Waals surface area contributed by atoms with Crippen molar-refractivity contribution in [2.45, 2.75) is 52.9 Å². The van der Waals surface area contributed by atoms with Gasteiger partial charge in [0.1, 0.15) is 6.04 Å². The summed E-state index contributed by atoms with van der Waals surface area (Å²) >= 11 is 0. The van der Waals surface area contributed by atoms with E-state index in [0.29, 0.717) is 11.8 Å². The van der Waals surface area contributed by atoms with Crippen LogP contribution in [0.5, 0.6) is 0 Å². The maximum absolute atomic E-state index is 10.8. The molecule has 82 valence electrons. The van der Waals surface area contributed by atoms with Crippen molar-refractivity contribution < 1.29 is 4.74 Å². The Morgan fingerprint density at radius 1 is 1.14 bits per heavy atom. The molecule has 0 aromatic rings. The van der Waals surface area contributed by atoms with Gasteiger partial charge in [-0.1, -0.05) is 32.9 Å². The first-order chi connectivity index (χ1) is 6.49. The molecule has 0 spiro atoms. The van der Waals surface area contributed by atoms with Crippen molar-refractivity contribution in [2.75, 3.05) is 0 Å². The van der Waals surface area contributed by atoms with E-state index in [0.717, 1.165) is 0 Å². The number of nitrogens with zero attached hydrogens (tertiary/aromatic N) is 1. The molecule has 0 N–H and O–H groups in total. The summed E-state index contributed by atoms with van der Waals surface area (Å²) in [6, 6.07) is -0.164. The summed E-state index contributed by atoms with van der Waals surface area (Å²) in [6.45, 7) is 10.5. The Labute approximate surface area is 86.2 Å². The largest absolute Gasteiger partial charge is 0.372 e. The molecule has 0 saturated carbocycles. The van der Waals surface area contributed by atoms with Crippen LogP contribution >= 0.6 is 0 Å². The zero-order chi connectivity index (χ0) is 10.9. The van der Waals surface area contributed by atoms with Crippen LogP contribution in [0.4, 0.5) is 0 Å². The molecule has 3 heteroatoms. The van der Waals surface area contributed by atoms with E-state index in [1.165, 1.54) is 0 Å². The van der Waals surface area contributed by atoms with Gasteiger partial charge in [0.05, 0.1) is 12.2 Å². The van der Waals surface area contributed by atoms with Gasteiger partial charge < -0.3 is 4.74 Å². The monoisotopic (exact) mass is 199 g/mol. The summed E-state index contributed by atoms with van der Waals surface area (Å²) in [4.78, 5) is 10.8. The molecule has 14 heavy (non-hydrogen) atoms. The predicted molar refractivity (Wildman–Crippen MR) is 57.1 cm³/mol. The first kappa shape index (κ1) is 11.6. The van der Waals surface area contributed by atoms with E-state index in [2.05, 4.69) is 32.9 Å². The Hall–Kier alpha value is -0.440. The first-order valence-electron chi connectivity index (χ1n) is 5.47. The molecule has 1 heterocycles. The van der Waals surface area contributed by atoms with Crippen LogP contribution in [0.2, 0.25) is 0 Å². The van der Waals surface area contributed by atoms with Crippen LogP contribution in [0.25, 0.3) is 0 Å². The van der Waals surface area contributed by atoms with Crippen molar-refractivity contribution in [3.05, 3.63) is 4.91 Å². The quantitative estimate of drug-likeness (QED) is 0.655. The molecule has 0 aromatic heterocycles. The highest BCUT2D eigenvalue weighted by molar-refractivity contribution is 4.95. The lowest BCUT2D eigenvalue weighted by Gasteiger charge is -2.25. The second-order valence-corrected chi connectivity index (χ2v) is 4.97. The van der Waals surface area contributed by atoms with Gasteiger partial charge in [-0.2, -0.15) is 4.91 Å². The zero-order valence-electron chi connectivity index (χ0n) is 9.73. The summed E-state index contributed by atoms with van der Waals surface area (Å²) in [5.74, 6) is 1.19. The third-order valence-electron chi connectivity index (χ3n) is 3.18. The summed E-state index contributed by atoms with van der Waals surface area (Å²) in [5.41, 5.74) is 0. The molecule has 1 rings (SSSR count). The van der Waals surface area contributed by atoms with Crippen LogP contribution in [0.3, 0.4) is 0 Å². The van der Waals surface area contributed by atoms with Crippen LogP contribution in [-0.2, 0) is 4.74 Å². The smallest absolute Gasteiger partial charge is 0.123 e. The summed E-state index contributed by atoms with van der Waals surface area (Å²) in [5, 5.41) is 3.23. The van der Waals surface area contributed by atoms with E-state index in [-0.39, 0.29) is 24.2 Å². The lowest BCUT2D eigenvalue weighted by Crippen LogP contribution is -2.31. The summed E-state index contributed by atoms with van der Waals surface area (Å²) in [6.07, 6.45) is 0.167. The fourth-order valence-corrected chi connectivity index (χ4v) is 2.46. The second kappa shape index (κ2) is 4.39. The van der Waals surface area contributed by atoms with E-state index >= 15 is 0 Å². The third kappa shape index (κ3) is 1.97. The van der Waals surface area contributed by atoms with Crippen LogP contribution in [-0.4, -0.2) is 18.2 Å². The molecule has 0 amide bonds. The van der Waals surface area contributed by atoms with Crippen molar-refractivity contribution in [1.82, 2.24) is 0 Å². The van der Waals surface area contributed by atoms with Gasteiger partial charge in [-0.25, -0.2) is 0 Å². The van der Waals surface area contributed by atoms with Gasteiger partial charge >= 0.3 is 0 Å². The second-order valence-electron chi connectivity index (χ2n) is 4.97. The topological polar surface area (TPSA) is 38.7 Å². The highest BCUT2D eigenvalue weighted by Gasteiger charge is 2.45. The molecule has 1 aliphatic heterocycles. The molecule has 1 saturated heterocycles. The minimum absolute atomic E-state index is 0.0210. The standard InChI is InChI=1S/C11H21NO2/c1-6(2)9-10(12-13)8(5)14-11(9)7(3)4/h6-11H,1-5H3.